The minimum atomic E-state index is -0.236. The van der Waals surface area contributed by atoms with Crippen LogP contribution in [0.2, 0.25) is 0 Å². The van der Waals surface area contributed by atoms with Gasteiger partial charge in [0.15, 0.2) is 11.6 Å². The summed E-state index contributed by atoms with van der Waals surface area (Å²) < 4.78 is 0. The van der Waals surface area contributed by atoms with Crippen molar-refractivity contribution in [1.82, 2.24) is 0 Å². The Morgan fingerprint density at radius 2 is 1.81 bits per heavy atom. The van der Waals surface area contributed by atoms with Crippen molar-refractivity contribution in [1.29, 1.82) is 0 Å². The molecule has 0 aliphatic heterocycles. The van der Waals surface area contributed by atoms with Gasteiger partial charge in [-0.15, -0.1) is 0 Å². The second-order valence-corrected chi connectivity index (χ2v) is 3.33. The lowest BCUT2D eigenvalue weighted by molar-refractivity contribution is 0.101. The van der Waals surface area contributed by atoms with Gasteiger partial charge in [0.05, 0.1) is 0 Å². The average molecular weight is 214 g/mol. The highest BCUT2D eigenvalue weighted by molar-refractivity contribution is 6.16. The van der Waals surface area contributed by atoms with Crippen LogP contribution in [-0.2, 0) is 6.42 Å². The lowest BCUT2D eigenvalue weighted by Crippen LogP contribution is -2.09. The third-order valence-corrected chi connectivity index (χ3v) is 2.41. The largest absolute Gasteiger partial charge is 0.289 e. The maximum atomic E-state index is 11.7. The van der Waals surface area contributed by atoms with Crippen molar-refractivity contribution in [2.24, 2.45) is 0 Å². The van der Waals surface area contributed by atoms with Gasteiger partial charge in [0.25, 0.3) is 0 Å². The van der Waals surface area contributed by atoms with Gasteiger partial charge in [-0.3, -0.25) is 9.59 Å². The molecule has 0 aliphatic rings. The van der Waals surface area contributed by atoms with Gasteiger partial charge < -0.3 is 0 Å². The number of rotatable bonds is 5. The second kappa shape index (κ2) is 5.21. The first-order valence-electron chi connectivity index (χ1n) is 5.11. The molecule has 82 valence electrons. The van der Waals surface area contributed by atoms with Gasteiger partial charge in [0.2, 0.25) is 0 Å². The lowest BCUT2D eigenvalue weighted by Gasteiger charge is -2.08. The zero-order chi connectivity index (χ0) is 12.1. The van der Waals surface area contributed by atoms with E-state index in [1.54, 1.807) is 12.1 Å². The van der Waals surface area contributed by atoms with Crippen molar-refractivity contribution >= 4 is 11.6 Å². The molecular formula is C14H14O2. The molecule has 0 saturated heterocycles. The number of allylic oxidation sites excluding steroid dienone is 2. The molecule has 1 rings (SSSR count). The minimum Gasteiger partial charge on any atom is -0.289 e. The number of carbonyl (C=O) groups is 2. The molecule has 0 fully saturated rings. The van der Waals surface area contributed by atoms with E-state index in [9.17, 15) is 9.59 Å². The number of hydrogen-bond donors (Lipinski definition) is 0. The van der Waals surface area contributed by atoms with Crippen LogP contribution in [0.1, 0.15) is 33.2 Å². The third-order valence-electron chi connectivity index (χ3n) is 2.41. The number of aryl methyl sites for hydroxylation is 1. The van der Waals surface area contributed by atoms with Crippen molar-refractivity contribution in [2.75, 3.05) is 0 Å². The summed E-state index contributed by atoms with van der Waals surface area (Å²) in [6, 6.07) is 5.26. The quantitative estimate of drug-likeness (QED) is 0.557. The Hall–Kier alpha value is -1.96. The Bertz CT molecular complexity index is 456. The van der Waals surface area contributed by atoms with Gasteiger partial charge in [-0.25, -0.2) is 0 Å². The summed E-state index contributed by atoms with van der Waals surface area (Å²) in [5.41, 5.74) is 1.71. The summed E-state index contributed by atoms with van der Waals surface area (Å²) in [6.07, 6.45) is 3.15. The van der Waals surface area contributed by atoms with Crippen molar-refractivity contribution in [3.63, 3.8) is 0 Å². The molecule has 0 radical (unpaired) electrons. The monoisotopic (exact) mass is 214 g/mol. The molecule has 1 aromatic carbocycles. The van der Waals surface area contributed by atoms with Crippen molar-refractivity contribution < 1.29 is 9.59 Å². The zero-order valence-corrected chi connectivity index (χ0v) is 9.32. The third kappa shape index (κ3) is 2.16. The highest BCUT2D eigenvalue weighted by atomic mass is 16.1. The molecule has 0 bridgehead atoms. The summed E-state index contributed by atoms with van der Waals surface area (Å²) in [4.78, 5) is 23.3. The summed E-state index contributed by atoms with van der Waals surface area (Å²) in [5.74, 6) is -0.455. The summed E-state index contributed by atoms with van der Waals surface area (Å²) in [5, 5.41) is 0. The van der Waals surface area contributed by atoms with E-state index in [0.717, 1.165) is 5.56 Å². The van der Waals surface area contributed by atoms with Crippen molar-refractivity contribution in [3.8, 4) is 0 Å². The van der Waals surface area contributed by atoms with Gasteiger partial charge in [0, 0.05) is 11.1 Å². The number of benzene rings is 1. The fourth-order valence-corrected chi connectivity index (χ4v) is 1.60. The molecule has 0 heterocycles. The normalized spacial score (nSPS) is 9.56. The first-order valence-corrected chi connectivity index (χ1v) is 5.11. The molecule has 1 aromatic rings. The Morgan fingerprint density at radius 1 is 1.19 bits per heavy atom. The molecule has 0 atom stereocenters. The van der Waals surface area contributed by atoms with E-state index in [1.807, 2.05) is 13.0 Å². The maximum Gasteiger partial charge on any atom is 0.186 e. The lowest BCUT2D eigenvalue weighted by atomic mass is 9.93. The zero-order valence-electron chi connectivity index (χ0n) is 9.32. The Morgan fingerprint density at radius 3 is 2.31 bits per heavy atom. The average Bonchev–Trinajstić information content (AvgIpc) is 2.35. The van der Waals surface area contributed by atoms with Crippen LogP contribution >= 0.6 is 0 Å². The summed E-state index contributed by atoms with van der Waals surface area (Å²) in [7, 11) is 0. The molecule has 0 amide bonds. The molecular weight excluding hydrogens is 200 g/mol. The molecule has 2 nitrogen and oxygen atoms in total. The van der Waals surface area contributed by atoms with Crippen molar-refractivity contribution in [3.05, 3.63) is 60.2 Å². The SMILES string of the molecule is C=CC(=O)c1cccc(CC)c1C(=O)C=C. The van der Waals surface area contributed by atoms with Gasteiger partial charge >= 0.3 is 0 Å². The van der Waals surface area contributed by atoms with Crippen LogP contribution in [0.15, 0.2) is 43.5 Å². The minimum absolute atomic E-state index is 0.220. The molecule has 0 aliphatic carbocycles. The molecule has 0 aromatic heterocycles. The smallest absolute Gasteiger partial charge is 0.186 e. The van der Waals surface area contributed by atoms with E-state index < -0.39 is 0 Å². The molecule has 0 unspecified atom stereocenters. The van der Waals surface area contributed by atoms with E-state index >= 15 is 0 Å². The van der Waals surface area contributed by atoms with E-state index in [4.69, 9.17) is 0 Å². The number of hydrogen-bond acceptors (Lipinski definition) is 2. The van der Waals surface area contributed by atoms with E-state index in [1.165, 1.54) is 12.2 Å². The molecule has 2 heteroatoms. The van der Waals surface area contributed by atoms with Crippen LogP contribution in [0, 0.1) is 0 Å². The Balaban J connectivity index is 3.48. The predicted molar refractivity (Wildman–Crippen MR) is 64.9 cm³/mol. The first kappa shape index (κ1) is 12.1. The van der Waals surface area contributed by atoms with Crippen LogP contribution < -0.4 is 0 Å². The number of carbonyl (C=O) groups excluding carboxylic acids is 2. The fourth-order valence-electron chi connectivity index (χ4n) is 1.60. The molecule has 0 saturated carbocycles. The van der Waals surface area contributed by atoms with Crippen LogP contribution in [0.3, 0.4) is 0 Å². The maximum absolute atomic E-state index is 11.7. The summed E-state index contributed by atoms with van der Waals surface area (Å²) >= 11 is 0. The van der Waals surface area contributed by atoms with E-state index in [2.05, 4.69) is 13.2 Å². The van der Waals surface area contributed by atoms with Crippen LogP contribution in [0.4, 0.5) is 0 Å². The molecule has 0 spiro atoms. The van der Waals surface area contributed by atoms with Gasteiger partial charge in [-0.2, -0.15) is 0 Å². The first-order chi connectivity index (χ1) is 7.65. The van der Waals surface area contributed by atoms with E-state index in [0.29, 0.717) is 17.5 Å². The Labute approximate surface area is 95.3 Å². The fraction of sp³-hybridized carbons (Fsp3) is 0.143. The highest BCUT2D eigenvalue weighted by Crippen LogP contribution is 2.18. The predicted octanol–water partition coefficient (Wildman–Crippen LogP) is 2.99. The molecule has 0 N–H and O–H groups in total. The molecule has 16 heavy (non-hydrogen) atoms. The summed E-state index contributed by atoms with van der Waals surface area (Å²) in [6.45, 7) is 8.83. The topological polar surface area (TPSA) is 34.1 Å². The van der Waals surface area contributed by atoms with Crippen LogP contribution in [-0.4, -0.2) is 11.6 Å². The van der Waals surface area contributed by atoms with Crippen LogP contribution in [0.25, 0.3) is 0 Å². The highest BCUT2D eigenvalue weighted by Gasteiger charge is 2.16. The standard InChI is InChI=1S/C14H14O2/c1-4-10-8-7-9-11(12(15)5-2)14(10)13(16)6-3/h5-9H,2-4H2,1H3. The van der Waals surface area contributed by atoms with E-state index in [-0.39, 0.29) is 11.6 Å². The van der Waals surface area contributed by atoms with Crippen molar-refractivity contribution in [2.45, 2.75) is 13.3 Å². The van der Waals surface area contributed by atoms with Crippen LogP contribution in [0.5, 0.6) is 0 Å². The second-order valence-electron chi connectivity index (χ2n) is 3.33. The van der Waals surface area contributed by atoms with Gasteiger partial charge in [-0.1, -0.05) is 38.3 Å². The van der Waals surface area contributed by atoms with Gasteiger partial charge in [-0.05, 0) is 24.1 Å². The number of ketones is 2. The Kier molecular flexibility index (Phi) is 3.95. The van der Waals surface area contributed by atoms with Gasteiger partial charge in [0.1, 0.15) is 0 Å².